The van der Waals surface area contributed by atoms with Gasteiger partial charge in [0.1, 0.15) is 17.2 Å². The van der Waals surface area contributed by atoms with Crippen molar-refractivity contribution >= 4 is 11.8 Å². The Hall–Kier alpha value is -3.35. The number of furan rings is 2. The fourth-order valence-corrected chi connectivity index (χ4v) is 2.05. The summed E-state index contributed by atoms with van der Waals surface area (Å²) in [7, 11) is 0. The van der Waals surface area contributed by atoms with E-state index in [4.69, 9.17) is 8.83 Å². The number of rotatable bonds is 6. The van der Waals surface area contributed by atoms with E-state index < -0.39 is 0 Å². The number of pyridine rings is 1. The minimum Gasteiger partial charge on any atom is -0.467 e. The Morgan fingerprint density at radius 2 is 1.54 bits per heavy atom. The van der Waals surface area contributed by atoms with Gasteiger partial charge in [0.15, 0.2) is 0 Å². The van der Waals surface area contributed by atoms with Crippen molar-refractivity contribution in [3.05, 3.63) is 77.9 Å². The van der Waals surface area contributed by atoms with Crippen LogP contribution in [0.15, 0.2) is 64.0 Å². The van der Waals surface area contributed by atoms with E-state index in [2.05, 4.69) is 15.6 Å². The summed E-state index contributed by atoms with van der Waals surface area (Å²) in [5.74, 6) is 0.588. The zero-order chi connectivity index (χ0) is 16.8. The van der Waals surface area contributed by atoms with Gasteiger partial charge in [0.25, 0.3) is 11.8 Å². The van der Waals surface area contributed by atoms with Gasteiger partial charge in [-0.1, -0.05) is 0 Å². The van der Waals surface area contributed by atoms with Crippen molar-refractivity contribution in [1.29, 1.82) is 0 Å². The van der Waals surface area contributed by atoms with Crippen LogP contribution in [0.3, 0.4) is 0 Å². The van der Waals surface area contributed by atoms with Crippen molar-refractivity contribution in [3.8, 4) is 0 Å². The number of nitrogens with one attached hydrogen (secondary N) is 2. The number of hydrogen-bond acceptors (Lipinski definition) is 5. The van der Waals surface area contributed by atoms with Crippen molar-refractivity contribution in [1.82, 2.24) is 15.6 Å². The zero-order valence-corrected chi connectivity index (χ0v) is 12.7. The molecule has 24 heavy (non-hydrogen) atoms. The number of nitrogens with zero attached hydrogens (tertiary/aromatic N) is 1. The van der Waals surface area contributed by atoms with E-state index in [1.165, 1.54) is 24.8 Å². The molecule has 7 nitrogen and oxygen atoms in total. The maximum atomic E-state index is 12.1. The molecule has 2 amide bonds. The first kappa shape index (κ1) is 15.5. The highest BCUT2D eigenvalue weighted by molar-refractivity contribution is 5.98. The van der Waals surface area contributed by atoms with Crippen LogP contribution < -0.4 is 10.6 Å². The first-order valence-corrected chi connectivity index (χ1v) is 7.29. The van der Waals surface area contributed by atoms with Gasteiger partial charge in [-0.05, 0) is 36.4 Å². The van der Waals surface area contributed by atoms with Crippen LogP contribution in [0.2, 0.25) is 0 Å². The lowest BCUT2D eigenvalue weighted by atomic mass is 10.2. The maximum absolute atomic E-state index is 12.1. The summed E-state index contributed by atoms with van der Waals surface area (Å²) in [5.41, 5.74) is 0.506. The minimum atomic E-state index is -0.382. The smallest absolute Gasteiger partial charge is 0.270 e. The van der Waals surface area contributed by atoms with Crippen molar-refractivity contribution in [2.24, 2.45) is 0 Å². The first-order chi connectivity index (χ1) is 11.7. The van der Waals surface area contributed by atoms with Gasteiger partial charge < -0.3 is 19.5 Å². The van der Waals surface area contributed by atoms with Gasteiger partial charge in [-0.15, -0.1) is 0 Å². The van der Waals surface area contributed by atoms with Crippen LogP contribution in [0.25, 0.3) is 0 Å². The minimum absolute atomic E-state index is 0.159. The molecule has 0 aliphatic heterocycles. The topological polar surface area (TPSA) is 97.4 Å². The zero-order valence-electron chi connectivity index (χ0n) is 12.7. The summed E-state index contributed by atoms with van der Waals surface area (Å²) in [6.45, 7) is 0.524. The van der Waals surface area contributed by atoms with E-state index in [-0.39, 0.29) is 30.6 Å². The second-order valence-corrected chi connectivity index (χ2v) is 4.95. The lowest BCUT2D eigenvalue weighted by Crippen LogP contribution is -2.26. The molecular weight excluding hydrogens is 310 g/mol. The molecule has 3 rings (SSSR count). The normalized spacial score (nSPS) is 10.3. The van der Waals surface area contributed by atoms with E-state index >= 15 is 0 Å². The van der Waals surface area contributed by atoms with Gasteiger partial charge in [0, 0.05) is 11.8 Å². The van der Waals surface area contributed by atoms with Gasteiger partial charge in [0.05, 0.1) is 25.6 Å². The molecule has 3 aromatic rings. The molecule has 0 spiro atoms. The average Bonchev–Trinajstić information content (AvgIpc) is 3.31. The molecule has 0 unspecified atom stereocenters. The SMILES string of the molecule is O=C(NCc1ccco1)c1ccnc(C(=O)NCc2ccco2)c1. The molecule has 3 heterocycles. The van der Waals surface area contributed by atoms with Gasteiger partial charge in [-0.3, -0.25) is 14.6 Å². The number of aromatic nitrogens is 1. The maximum Gasteiger partial charge on any atom is 0.270 e. The summed E-state index contributed by atoms with van der Waals surface area (Å²) in [6, 6.07) is 9.99. The van der Waals surface area contributed by atoms with Crippen LogP contribution in [0.5, 0.6) is 0 Å². The Morgan fingerprint density at radius 1 is 0.917 bits per heavy atom. The molecule has 2 N–H and O–H groups in total. The standard InChI is InChI=1S/C17H15N3O4/c21-16(19-10-13-3-1-7-23-13)12-5-6-18-15(9-12)17(22)20-11-14-4-2-8-24-14/h1-9H,10-11H2,(H,19,21)(H,20,22). The Labute approximate surface area is 137 Å². The highest BCUT2D eigenvalue weighted by Crippen LogP contribution is 2.05. The van der Waals surface area contributed by atoms with Gasteiger partial charge in [-0.2, -0.15) is 0 Å². The molecule has 0 aliphatic rings. The Bertz CT molecular complexity index is 745. The molecule has 122 valence electrons. The third-order valence-corrected chi connectivity index (χ3v) is 3.26. The number of hydrogen-bond donors (Lipinski definition) is 2. The van der Waals surface area contributed by atoms with Crippen molar-refractivity contribution in [3.63, 3.8) is 0 Å². The molecule has 7 heteroatoms. The van der Waals surface area contributed by atoms with E-state index in [0.717, 1.165) is 0 Å². The number of amides is 2. The van der Waals surface area contributed by atoms with Crippen molar-refractivity contribution in [2.45, 2.75) is 13.1 Å². The lowest BCUT2D eigenvalue weighted by Gasteiger charge is -2.06. The Morgan fingerprint density at radius 3 is 2.12 bits per heavy atom. The van der Waals surface area contributed by atoms with Crippen LogP contribution in [-0.2, 0) is 13.1 Å². The molecular formula is C17H15N3O4. The lowest BCUT2D eigenvalue weighted by molar-refractivity contribution is 0.0943. The van der Waals surface area contributed by atoms with Crippen molar-refractivity contribution in [2.75, 3.05) is 0 Å². The molecule has 0 atom stereocenters. The Balaban J connectivity index is 1.60. The molecule has 0 fully saturated rings. The van der Waals surface area contributed by atoms with Crippen LogP contribution in [0.4, 0.5) is 0 Å². The molecule has 0 radical (unpaired) electrons. The fraction of sp³-hybridized carbons (Fsp3) is 0.118. The molecule has 0 aliphatic carbocycles. The third-order valence-electron chi connectivity index (χ3n) is 3.26. The predicted octanol–water partition coefficient (Wildman–Crippen LogP) is 2.13. The second-order valence-electron chi connectivity index (χ2n) is 4.95. The van der Waals surface area contributed by atoms with Crippen molar-refractivity contribution < 1.29 is 18.4 Å². The molecule has 3 aromatic heterocycles. The van der Waals surface area contributed by atoms with E-state index in [1.807, 2.05) is 0 Å². The van der Waals surface area contributed by atoms with Gasteiger partial charge >= 0.3 is 0 Å². The molecule has 0 saturated carbocycles. The predicted molar refractivity (Wildman–Crippen MR) is 84.0 cm³/mol. The highest BCUT2D eigenvalue weighted by atomic mass is 16.3. The van der Waals surface area contributed by atoms with Crippen LogP contribution in [0, 0.1) is 0 Å². The summed E-state index contributed by atoms with van der Waals surface area (Å²) in [4.78, 5) is 28.2. The van der Waals surface area contributed by atoms with Crippen LogP contribution >= 0.6 is 0 Å². The summed E-state index contributed by atoms with van der Waals surface area (Å²) in [5, 5.41) is 5.39. The van der Waals surface area contributed by atoms with Gasteiger partial charge in [0.2, 0.25) is 0 Å². The summed E-state index contributed by atoms with van der Waals surface area (Å²) < 4.78 is 10.3. The van der Waals surface area contributed by atoms with Crippen LogP contribution in [-0.4, -0.2) is 16.8 Å². The average molecular weight is 325 g/mol. The number of carbonyl (C=O) groups excluding carboxylic acids is 2. The Kier molecular flexibility index (Phi) is 4.71. The van der Waals surface area contributed by atoms with E-state index in [9.17, 15) is 9.59 Å². The quantitative estimate of drug-likeness (QED) is 0.723. The number of carbonyl (C=O) groups is 2. The molecule has 0 saturated heterocycles. The van der Waals surface area contributed by atoms with Crippen LogP contribution in [0.1, 0.15) is 32.4 Å². The third kappa shape index (κ3) is 3.89. The summed E-state index contributed by atoms with van der Waals surface area (Å²) >= 11 is 0. The van der Waals surface area contributed by atoms with E-state index in [1.54, 1.807) is 30.3 Å². The molecule has 0 aromatic carbocycles. The summed E-state index contributed by atoms with van der Waals surface area (Å²) in [6.07, 6.45) is 4.49. The largest absolute Gasteiger partial charge is 0.467 e. The highest BCUT2D eigenvalue weighted by Gasteiger charge is 2.12. The first-order valence-electron chi connectivity index (χ1n) is 7.29. The van der Waals surface area contributed by atoms with E-state index in [0.29, 0.717) is 17.1 Å². The second kappa shape index (κ2) is 7.28. The fourth-order valence-electron chi connectivity index (χ4n) is 2.05. The van der Waals surface area contributed by atoms with Gasteiger partial charge in [-0.25, -0.2) is 0 Å². The molecule has 0 bridgehead atoms. The monoisotopic (exact) mass is 325 g/mol.